The van der Waals surface area contributed by atoms with Crippen molar-refractivity contribution in [3.05, 3.63) is 75.2 Å². The van der Waals surface area contributed by atoms with Crippen LogP contribution in [0.15, 0.2) is 53.4 Å². The lowest BCUT2D eigenvalue weighted by Crippen LogP contribution is -2.14. The topological polar surface area (TPSA) is 144 Å². The fraction of sp³-hybridized carbons (Fsp3) is 0.357. The van der Waals surface area contributed by atoms with Gasteiger partial charge in [-0.3, -0.25) is 9.59 Å². The molecule has 0 spiro atoms. The zero-order valence-corrected chi connectivity index (χ0v) is 25.1. The third kappa shape index (κ3) is 7.80. The number of sulfone groups is 1. The van der Waals surface area contributed by atoms with Crippen molar-refractivity contribution in [3.63, 3.8) is 0 Å². The van der Waals surface area contributed by atoms with Crippen LogP contribution in [0.2, 0.25) is 0 Å². The zero-order chi connectivity index (χ0) is 29.0. The summed E-state index contributed by atoms with van der Waals surface area (Å²) in [4.78, 5) is 25.2. The summed E-state index contributed by atoms with van der Waals surface area (Å²) in [5.74, 6) is 0.0503. The fourth-order valence-corrected chi connectivity index (χ4v) is 7.24. The van der Waals surface area contributed by atoms with E-state index in [0.29, 0.717) is 15.8 Å². The first-order valence-corrected chi connectivity index (χ1v) is 16.8. The van der Waals surface area contributed by atoms with Gasteiger partial charge in [-0.15, -0.1) is 20.4 Å². The molecule has 4 aromatic rings. The van der Waals surface area contributed by atoms with E-state index >= 15 is 0 Å². The summed E-state index contributed by atoms with van der Waals surface area (Å²) in [6, 6.07) is 14.2. The number of rotatable bonds is 9. The number of aryl methyl sites for hydroxylation is 1. The SMILES string of the molecule is Cc1ccc(CC(=O)Nc2nnc([C@H]3CCC[C@H](c4nnc(NC(=O)Cc5ccc(S(C)(=O)=O)cc5)s4)C3)s2)cc1. The summed E-state index contributed by atoms with van der Waals surface area (Å²) in [6.07, 6.45) is 5.36. The van der Waals surface area contributed by atoms with E-state index in [1.54, 1.807) is 12.1 Å². The number of carbonyl (C=O) groups excluding carboxylic acids is 2. The third-order valence-corrected chi connectivity index (χ3v) is 10.1. The molecule has 2 aromatic carbocycles. The van der Waals surface area contributed by atoms with Gasteiger partial charge in [-0.1, -0.05) is 71.1 Å². The Morgan fingerprint density at radius 2 is 1.24 bits per heavy atom. The summed E-state index contributed by atoms with van der Waals surface area (Å²) in [5.41, 5.74) is 2.81. The maximum Gasteiger partial charge on any atom is 0.230 e. The number of nitrogens with one attached hydrogen (secondary N) is 2. The Labute approximate surface area is 246 Å². The van der Waals surface area contributed by atoms with E-state index in [1.165, 1.54) is 34.8 Å². The normalized spacial score (nSPS) is 17.2. The van der Waals surface area contributed by atoms with E-state index < -0.39 is 9.84 Å². The molecular weight excluding hydrogens is 581 g/mol. The van der Waals surface area contributed by atoms with Crippen LogP contribution in [0, 0.1) is 6.92 Å². The van der Waals surface area contributed by atoms with Crippen molar-refractivity contribution in [3.8, 4) is 0 Å². The van der Waals surface area contributed by atoms with E-state index in [9.17, 15) is 18.0 Å². The van der Waals surface area contributed by atoms with Crippen LogP contribution < -0.4 is 10.6 Å². The van der Waals surface area contributed by atoms with Crippen molar-refractivity contribution in [2.75, 3.05) is 16.9 Å². The van der Waals surface area contributed by atoms with Crippen LogP contribution in [-0.4, -0.2) is 46.9 Å². The second-order valence-electron chi connectivity index (χ2n) is 10.3. The maximum absolute atomic E-state index is 12.5. The number of nitrogens with zero attached hydrogens (tertiary/aromatic N) is 4. The molecule has 41 heavy (non-hydrogen) atoms. The number of amides is 2. The maximum atomic E-state index is 12.5. The summed E-state index contributed by atoms with van der Waals surface area (Å²) < 4.78 is 23.3. The first-order valence-electron chi connectivity index (χ1n) is 13.2. The van der Waals surface area contributed by atoms with Crippen molar-refractivity contribution in [2.24, 2.45) is 0 Å². The van der Waals surface area contributed by atoms with Gasteiger partial charge in [0.25, 0.3) is 0 Å². The van der Waals surface area contributed by atoms with Crippen molar-refractivity contribution in [2.45, 2.75) is 62.2 Å². The molecule has 1 aliphatic rings. The number of carbonyl (C=O) groups is 2. The van der Waals surface area contributed by atoms with Gasteiger partial charge in [-0.05, 0) is 49.4 Å². The van der Waals surface area contributed by atoms with Gasteiger partial charge in [0.1, 0.15) is 10.0 Å². The highest BCUT2D eigenvalue weighted by molar-refractivity contribution is 7.90. The van der Waals surface area contributed by atoms with E-state index in [1.807, 2.05) is 31.2 Å². The van der Waals surface area contributed by atoms with Gasteiger partial charge in [-0.25, -0.2) is 8.42 Å². The molecule has 2 aromatic heterocycles. The number of hydrogen-bond donors (Lipinski definition) is 2. The monoisotopic (exact) mass is 610 g/mol. The van der Waals surface area contributed by atoms with Crippen LogP contribution in [0.1, 0.15) is 64.2 Å². The van der Waals surface area contributed by atoms with Crippen molar-refractivity contribution < 1.29 is 18.0 Å². The smallest absolute Gasteiger partial charge is 0.230 e. The van der Waals surface area contributed by atoms with Gasteiger partial charge < -0.3 is 10.6 Å². The van der Waals surface area contributed by atoms with Crippen LogP contribution in [-0.2, 0) is 32.3 Å². The van der Waals surface area contributed by atoms with Gasteiger partial charge in [0.2, 0.25) is 22.1 Å². The van der Waals surface area contributed by atoms with Crippen LogP contribution >= 0.6 is 22.7 Å². The number of hydrogen-bond acceptors (Lipinski definition) is 10. The van der Waals surface area contributed by atoms with Crippen LogP contribution in [0.3, 0.4) is 0 Å². The third-order valence-electron chi connectivity index (χ3n) is 6.95. The lowest BCUT2D eigenvalue weighted by molar-refractivity contribution is -0.116. The number of anilines is 2. The summed E-state index contributed by atoms with van der Waals surface area (Å²) in [6.45, 7) is 2.01. The van der Waals surface area contributed by atoms with Gasteiger partial charge in [0.15, 0.2) is 9.84 Å². The standard InChI is InChI=1S/C28H30N6O4S3/c1-17-6-8-18(9-7-17)14-23(35)29-27-33-31-25(39-27)20-4-3-5-21(16-20)26-32-34-28(40-26)30-24(36)15-19-10-12-22(13-11-19)41(2,37)38/h6-13,20-21H,3-5,14-16H2,1-2H3,(H,29,33,35)(H,30,34,36)/t20-,21-/m0/s1. The molecule has 0 radical (unpaired) electrons. The van der Waals surface area contributed by atoms with E-state index in [-0.39, 0.29) is 41.4 Å². The Balaban J connectivity index is 1.14. The van der Waals surface area contributed by atoms with Crippen molar-refractivity contribution in [1.82, 2.24) is 20.4 Å². The van der Waals surface area contributed by atoms with E-state index in [0.717, 1.165) is 53.1 Å². The predicted molar refractivity (Wildman–Crippen MR) is 159 cm³/mol. The van der Waals surface area contributed by atoms with Crippen molar-refractivity contribution >= 4 is 54.6 Å². The van der Waals surface area contributed by atoms with E-state index in [4.69, 9.17) is 0 Å². The molecule has 10 nitrogen and oxygen atoms in total. The Hall–Kier alpha value is -3.55. The highest BCUT2D eigenvalue weighted by Gasteiger charge is 2.29. The average molecular weight is 611 g/mol. The highest BCUT2D eigenvalue weighted by atomic mass is 32.2. The molecular formula is C28H30N6O4S3. The molecule has 5 rings (SSSR count). The van der Waals surface area contributed by atoms with Gasteiger partial charge >= 0.3 is 0 Å². The molecule has 0 aliphatic heterocycles. The molecule has 1 aliphatic carbocycles. The molecule has 1 saturated carbocycles. The molecule has 1 fully saturated rings. The zero-order valence-electron chi connectivity index (χ0n) is 22.7. The molecule has 2 N–H and O–H groups in total. The number of benzene rings is 2. The number of aromatic nitrogens is 4. The molecule has 2 heterocycles. The van der Waals surface area contributed by atoms with E-state index in [2.05, 4.69) is 31.0 Å². The Morgan fingerprint density at radius 1 is 0.780 bits per heavy atom. The summed E-state index contributed by atoms with van der Waals surface area (Å²) in [7, 11) is -3.28. The first kappa shape index (κ1) is 29.0. The Kier molecular flexibility index (Phi) is 8.85. The summed E-state index contributed by atoms with van der Waals surface area (Å²) >= 11 is 2.79. The first-order chi connectivity index (χ1) is 19.6. The quantitative estimate of drug-likeness (QED) is 0.272. The minimum Gasteiger partial charge on any atom is -0.300 e. The second kappa shape index (κ2) is 12.5. The van der Waals surface area contributed by atoms with Gasteiger partial charge in [0.05, 0.1) is 17.7 Å². The van der Waals surface area contributed by atoms with Crippen LogP contribution in [0.5, 0.6) is 0 Å². The lowest BCUT2D eigenvalue weighted by atomic mass is 9.82. The molecule has 0 bridgehead atoms. The van der Waals surface area contributed by atoms with Gasteiger partial charge in [-0.2, -0.15) is 0 Å². The molecule has 2 amide bonds. The predicted octanol–water partition coefficient (Wildman–Crippen LogP) is 4.91. The van der Waals surface area contributed by atoms with Crippen LogP contribution in [0.25, 0.3) is 0 Å². The molecule has 0 saturated heterocycles. The van der Waals surface area contributed by atoms with Crippen molar-refractivity contribution in [1.29, 1.82) is 0 Å². The van der Waals surface area contributed by atoms with Crippen LogP contribution in [0.4, 0.5) is 10.3 Å². The minimum atomic E-state index is -3.28. The second-order valence-corrected chi connectivity index (χ2v) is 14.3. The fourth-order valence-electron chi connectivity index (χ4n) is 4.80. The molecule has 2 atom stereocenters. The lowest BCUT2D eigenvalue weighted by Gasteiger charge is -2.25. The molecule has 0 unspecified atom stereocenters. The Bertz CT molecular complexity index is 1630. The molecule has 13 heteroatoms. The highest BCUT2D eigenvalue weighted by Crippen LogP contribution is 2.43. The largest absolute Gasteiger partial charge is 0.300 e. The average Bonchev–Trinajstić information content (AvgIpc) is 3.60. The van der Waals surface area contributed by atoms with Gasteiger partial charge in [0, 0.05) is 18.1 Å². The Morgan fingerprint density at radius 3 is 1.71 bits per heavy atom. The minimum absolute atomic E-state index is 0.103. The summed E-state index contributed by atoms with van der Waals surface area (Å²) in [5, 5.41) is 25.5. The molecule has 214 valence electrons.